The first-order chi connectivity index (χ1) is 9.79. The van der Waals surface area contributed by atoms with E-state index in [9.17, 15) is 5.11 Å². The van der Waals surface area contributed by atoms with Crippen LogP contribution in [0.2, 0.25) is 0 Å². The molecule has 2 N–H and O–H groups in total. The highest BCUT2D eigenvalue weighted by atomic mass is 16.5. The van der Waals surface area contributed by atoms with Gasteiger partial charge < -0.3 is 19.7 Å². The first-order valence-corrected chi connectivity index (χ1v) is 6.72. The zero-order chi connectivity index (χ0) is 13.9. The summed E-state index contributed by atoms with van der Waals surface area (Å²) in [5, 5.41) is 20.7. The third kappa shape index (κ3) is 2.47. The molecule has 0 bridgehead atoms. The van der Waals surface area contributed by atoms with Crippen LogP contribution in [-0.2, 0) is 11.3 Å². The average Bonchev–Trinajstić information content (AvgIpc) is 3.06. The summed E-state index contributed by atoms with van der Waals surface area (Å²) in [6.45, 7) is 4.57. The predicted molar refractivity (Wildman–Crippen MR) is 71.1 cm³/mol. The monoisotopic (exact) mass is 278 g/mol. The molecule has 3 heterocycles. The summed E-state index contributed by atoms with van der Waals surface area (Å²) in [6, 6.07) is 1.88. The van der Waals surface area contributed by atoms with Gasteiger partial charge in [0.05, 0.1) is 42.9 Å². The molecule has 2 aromatic heterocycles. The number of ether oxygens (including phenoxy) is 1. The Balaban J connectivity index is 2.00. The number of nitrogens with zero attached hydrogens (tertiary/aromatic N) is 3. The summed E-state index contributed by atoms with van der Waals surface area (Å²) in [4.78, 5) is 0. The maximum absolute atomic E-state index is 9.17. The van der Waals surface area contributed by atoms with Gasteiger partial charge in [-0.1, -0.05) is 5.16 Å². The molecule has 1 aliphatic heterocycles. The Morgan fingerprint density at radius 2 is 2.45 bits per heavy atom. The minimum absolute atomic E-state index is 0.0314. The Kier molecular flexibility index (Phi) is 3.81. The molecule has 0 amide bonds. The van der Waals surface area contributed by atoms with Gasteiger partial charge in [-0.3, -0.25) is 4.68 Å². The molecular weight excluding hydrogens is 260 g/mol. The number of aromatic nitrogens is 3. The predicted octanol–water partition coefficient (Wildman–Crippen LogP) is 0.500. The number of rotatable bonds is 4. The molecule has 1 fully saturated rings. The lowest BCUT2D eigenvalue weighted by Crippen LogP contribution is -2.34. The van der Waals surface area contributed by atoms with Gasteiger partial charge in [-0.15, -0.1) is 0 Å². The largest absolute Gasteiger partial charge is 0.394 e. The molecule has 20 heavy (non-hydrogen) atoms. The minimum atomic E-state index is -0.0989. The van der Waals surface area contributed by atoms with E-state index in [1.54, 1.807) is 10.9 Å². The van der Waals surface area contributed by atoms with Crippen LogP contribution >= 0.6 is 0 Å². The van der Waals surface area contributed by atoms with Gasteiger partial charge in [0.25, 0.3) is 0 Å². The Morgan fingerprint density at radius 3 is 3.10 bits per heavy atom. The number of morpholine rings is 1. The van der Waals surface area contributed by atoms with E-state index in [2.05, 4.69) is 15.6 Å². The number of nitrogens with one attached hydrogen (secondary N) is 1. The highest BCUT2D eigenvalue weighted by Crippen LogP contribution is 2.31. The summed E-state index contributed by atoms with van der Waals surface area (Å²) in [5.41, 5.74) is 2.61. The van der Waals surface area contributed by atoms with Crippen molar-refractivity contribution in [1.29, 1.82) is 0 Å². The number of aliphatic hydroxyl groups is 1. The van der Waals surface area contributed by atoms with E-state index in [1.807, 2.05) is 13.0 Å². The third-order valence-corrected chi connectivity index (χ3v) is 3.32. The van der Waals surface area contributed by atoms with Crippen LogP contribution in [0.1, 0.15) is 17.5 Å². The van der Waals surface area contributed by atoms with E-state index >= 15 is 0 Å². The van der Waals surface area contributed by atoms with Crippen molar-refractivity contribution >= 4 is 0 Å². The summed E-state index contributed by atoms with van der Waals surface area (Å²) >= 11 is 0. The Labute approximate surface area is 116 Å². The molecule has 2 aromatic rings. The second-order valence-corrected chi connectivity index (χ2v) is 4.79. The number of aliphatic hydroxyl groups excluding tert-OH is 1. The van der Waals surface area contributed by atoms with Gasteiger partial charge >= 0.3 is 0 Å². The first kappa shape index (κ1) is 13.3. The second kappa shape index (κ2) is 5.74. The number of aryl methyl sites for hydroxylation is 1. The number of hydrogen-bond acceptors (Lipinski definition) is 6. The van der Waals surface area contributed by atoms with Crippen LogP contribution in [0.15, 0.2) is 16.8 Å². The third-order valence-electron chi connectivity index (χ3n) is 3.32. The van der Waals surface area contributed by atoms with E-state index in [1.165, 1.54) is 0 Å². The fourth-order valence-corrected chi connectivity index (χ4v) is 2.43. The molecule has 7 nitrogen and oxygen atoms in total. The quantitative estimate of drug-likeness (QED) is 0.847. The summed E-state index contributed by atoms with van der Waals surface area (Å²) in [6.07, 6.45) is 1.64. The molecule has 0 aliphatic carbocycles. The smallest absolute Gasteiger partial charge is 0.170 e. The zero-order valence-electron chi connectivity index (χ0n) is 11.4. The van der Waals surface area contributed by atoms with Gasteiger partial charge in [0.15, 0.2) is 5.76 Å². The molecule has 0 radical (unpaired) electrons. The van der Waals surface area contributed by atoms with Crippen molar-refractivity contribution in [3.8, 4) is 11.3 Å². The normalized spacial score (nSPS) is 19.4. The van der Waals surface area contributed by atoms with E-state index in [-0.39, 0.29) is 12.7 Å². The van der Waals surface area contributed by atoms with Gasteiger partial charge in [-0.05, 0) is 6.92 Å². The number of hydrogen-bond donors (Lipinski definition) is 2. The lowest BCUT2D eigenvalue weighted by molar-refractivity contribution is 0.0218. The van der Waals surface area contributed by atoms with E-state index < -0.39 is 0 Å². The van der Waals surface area contributed by atoms with Crippen molar-refractivity contribution < 1.29 is 14.4 Å². The zero-order valence-corrected chi connectivity index (χ0v) is 11.4. The summed E-state index contributed by atoms with van der Waals surface area (Å²) < 4.78 is 12.9. The van der Waals surface area contributed by atoms with Gasteiger partial charge in [-0.2, -0.15) is 5.10 Å². The van der Waals surface area contributed by atoms with Crippen LogP contribution < -0.4 is 5.32 Å². The highest BCUT2D eigenvalue weighted by molar-refractivity contribution is 5.60. The molecule has 0 aromatic carbocycles. The van der Waals surface area contributed by atoms with Crippen molar-refractivity contribution in [1.82, 2.24) is 20.3 Å². The molecule has 1 aliphatic rings. The summed E-state index contributed by atoms with van der Waals surface area (Å²) in [7, 11) is 0. The SMILES string of the molecule is Cc1cc(-c2cnn(CCO)c2[C@@H]2CNCCO2)on1. The van der Waals surface area contributed by atoms with E-state index in [4.69, 9.17) is 9.26 Å². The van der Waals surface area contributed by atoms with Gasteiger partial charge in [0, 0.05) is 19.2 Å². The fourth-order valence-electron chi connectivity index (χ4n) is 2.43. The highest BCUT2D eigenvalue weighted by Gasteiger charge is 2.26. The standard InChI is InChI=1S/C13H18N4O3/c1-9-6-11(20-16-9)10-7-15-17(3-4-18)13(10)12-8-14-2-5-19-12/h6-7,12,14,18H,2-5,8H2,1H3/t12-/m0/s1. The Hall–Kier alpha value is -1.70. The minimum Gasteiger partial charge on any atom is -0.394 e. The van der Waals surface area contributed by atoms with E-state index in [0.717, 1.165) is 30.0 Å². The molecular formula is C13H18N4O3. The Bertz CT molecular complexity index is 572. The fraction of sp³-hybridized carbons (Fsp3) is 0.538. The lowest BCUT2D eigenvalue weighted by Gasteiger charge is -2.25. The van der Waals surface area contributed by atoms with Crippen LogP contribution in [0.5, 0.6) is 0 Å². The topological polar surface area (TPSA) is 85.3 Å². The van der Waals surface area contributed by atoms with Crippen molar-refractivity contribution in [2.75, 3.05) is 26.3 Å². The van der Waals surface area contributed by atoms with Crippen LogP contribution in [0.3, 0.4) is 0 Å². The lowest BCUT2D eigenvalue weighted by atomic mass is 10.1. The maximum Gasteiger partial charge on any atom is 0.170 e. The molecule has 7 heteroatoms. The van der Waals surface area contributed by atoms with Crippen LogP contribution in [-0.4, -0.2) is 46.3 Å². The molecule has 0 unspecified atom stereocenters. The van der Waals surface area contributed by atoms with Crippen LogP contribution in [0, 0.1) is 6.92 Å². The maximum atomic E-state index is 9.17. The molecule has 1 saturated heterocycles. The van der Waals surface area contributed by atoms with Crippen molar-refractivity contribution in [2.45, 2.75) is 19.6 Å². The van der Waals surface area contributed by atoms with Crippen LogP contribution in [0.4, 0.5) is 0 Å². The average molecular weight is 278 g/mol. The summed E-state index contributed by atoms with van der Waals surface area (Å²) in [5.74, 6) is 0.677. The van der Waals surface area contributed by atoms with Gasteiger partial charge in [0.2, 0.25) is 0 Å². The first-order valence-electron chi connectivity index (χ1n) is 6.72. The van der Waals surface area contributed by atoms with E-state index in [0.29, 0.717) is 18.9 Å². The van der Waals surface area contributed by atoms with Crippen molar-refractivity contribution in [2.24, 2.45) is 0 Å². The van der Waals surface area contributed by atoms with Gasteiger partial charge in [0.1, 0.15) is 6.10 Å². The molecule has 0 saturated carbocycles. The Morgan fingerprint density at radius 1 is 1.55 bits per heavy atom. The molecule has 3 rings (SSSR count). The van der Waals surface area contributed by atoms with Crippen molar-refractivity contribution in [3.05, 3.63) is 23.7 Å². The van der Waals surface area contributed by atoms with Crippen molar-refractivity contribution in [3.63, 3.8) is 0 Å². The molecule has 1 atom stereocenters. The molecule has 0 spiro atoms. The molecule has 108 valence electrons. The van der Waals surface area contributed by atoms with Crippen LogP contribution in [0.25, 0.3) is 11.3 Å². The van der Waals surface area contributed by atoms with Gasteiger partial charge in [-0.25, -0.2) is 0 Å². The second-order valence-electron chi connectivity index (χ2n) is 4.79.